The zero-order valence-corrected chi connectivity index (χ0v) is 13.0. The van der Waals surface area contributed by atoms with Gasteiger partial charge >= 0.3 is 0 Å². The average molecular weight is 327 g/mol. The minimum Gasteiger partial charge on any atom is -0.281 e. The number of benzene rings is 2. The second-order valence-corrected chi connectivity index (χ2v) is 5.68. The first kappa shape index (κ1) is 14.0. The lowest BCUT2D eigenvalue weighted by atomic mass is 10.1. The van der Waals surface area contributed by atoms with Gasteiger partial charge in [0.25, 0.3) is 0 Å². The van der Waals surface area contributed by atoms with Crippen LogP contribution in [0.4, 0.5) is 4.39 Å². The minimum atomic E-state index is -0.366. The summed E-state index contributed by atoms with van der Waals surface area (Å²) in [5.41, 5.74) is 4.24. The molecule has 0 aliphatic heterocycles. The standard InChI is InChI=1S/C17H12ClFN4/c1-10-16(12-7-6-11(19)8-13(12)18)17(22-21-10)23-9-20-14-4-2-3-5-15(14)23/h2-9H,1H3,(H,21,22). The molecule has 0 amide bonds. The molecule has 1 N–H and O–H groups in total. The molecule has 0 spiro atoms. The van der Waals surface area contributed by atoms with Gasteiger partial charge in [0.05, 0.1) is 16.1 Å². The Bertz CT molecular complexity index is 1020. The van der Waals surface area contributed by atoms with E-state index >= 15 is 0 Å². The van der Waals surface area contributed by atoms with Crippen LogP contribution in [0.2, 0.25) is 5.02 Å². The minimum absolute atomic E-state index is 0.347. The van der Waals surface area contributed by atoms with E-state index in [-0.39, 0.29) is 5.82 Å². The van der Waals surface area contributed by atoms with Crippen LogP contribution >= 0.6 is 11.6 Å². The van der Waals surface area contributed by atoms with Crippen LogP contribution in [0.25, 0.3) is 28.0 Å². The Balaban J connectivity index is 1.98. The van der Waals surface area contributed by atoms with Crippen molar-refractivity contribution in [2.45, 2.75) is 6.92 Å². The Kier molecular flexibility index (Phi) is 3.16. The van der Waals surface area contributed by atoms with Crippen LogP contribution in [0.1, 0.15) is 5.69 Å². The van der Waals surface area contributed by atoms with E-state index in [0.717, 1.165) is 27.9 Å². The van der Waals surface area contributed by atoms with E-state index in [9.17, 15) is 4.39 Å². The third-order valence-corrected chi connectivity index (χ3v) is 4.12. The third kappa shape index (κ3) is 2.21. The van der Waals surface area contributed by atoms with Gasteiger partial charge in [-0.2, -0.15) is 5.10 Å². The maximum absolute atomic E-state index is 13.3. The van der Waals surface area contributed by atoms with E-state index in [1.807, 2.05) is 35.8 Å². The van der Waals surface area contributed by atoms with E-state index in [0.29, 0.717) is 10.8 Å². The monoisotopic (exact) mass is 326 g/mol. The summed E-state index contributed by atoms with van der Waals surface area (Å²) in [4.78, 5) is 4.39. The van der Waals surface area contributed by atoms with Crippen LogP contribution in [0.15, 0.2) is 48.8 Å². The summed E-state index contributed by atoms with van der Waals surface area (Å²) in [5.74, 6) is 0.319. The molecular weight excluding hydrogens is 315 g/mol. The highest BCUT2D eigenvalue weighted by molar-refractivity contribution is 6.33. The average Bonchev–Trinajstić information content (AvgIpc) is 3.11. The first-order valence-electron chi connectivity index (χ1n) is 7.08. The Hall–Kier alpha value is -2.66. The van der Waals surface area contributed by atoms with Crippen molar-refractivity contribution in [3.63, 3.8) is 0 Å². The molecule has 0 radical (unpaired) electrons. The van der Waals surface area contributed by atoms with Crippen LogP contribution in [-0.2, 0) is 0 Å². The lowest BCUT2D eigenvalue weighted by molar-refractivity contribution is 0.628. The Morgan fingerprint density at radius 1 is 1.17 bits per heavy atom. The van der Waals surface area contributed by atoms with Crippen molar-refractivity contribution in [3.05, 3.63) is 65.3 Å². The van der Waals surface area contributed by atoms with Crippen molar-refractivity contribution in [2.75, 3.05) is 0 Å². The summed E-state index contributed by atoms with van der Waals surface area (Å²) in [6, 6.07) is 12.2. The molecule has 2 aromatic carbocycles. The van der Waals surface area contributed by atoms with Gasteiger partial charge in [0.15, 0.2) is 5.82 Å². The maximum atomic E-state index is 13.3. The number of para-hydroxylation sites is 2. The van der Waals surface area contributed by atoms with E-state index < -0.39 is 0 Å². The molecule has 2 aromatic heterocycles. The molecular formula is C17H12ClFN4. The molecule has 6 heteroatoms. The van der Waals surface area contributed by atoms with E-state index in [1.165, 1.54) is 12.1 Å². The zero-order valence-electron chi connectivity index (χ0n) is 12.2. The Morgan fingerprint density at radius 2 is 2.00 bits per heavy atom. The second-order valence-electron chi connectivity index (χ2n) is 5.27. The number of nitrogens with zero attached hydrogens (tertiary/aromatic N) is 3. The number of aryl methyl sites for hydroxylation is 1. The van der Waals surface area contributed by atoms with Crippen molar-refractivity contribution >= 4 is 22.6 Å². The number of hydrogen-bond acceptors (Lipinski definition) is 2. The fourth-order valence-corrected chi connectivity index (χ4v) is 2.99. The van der Waals surface area contributed by atoms with Gasteiger partial charge in [0, 0.05) is 16.8 Å². The summed E-state index contributed by atoms with van der Waals surface area (Å²) in [6.07, 6.45) is 1.72. The predicted octanol–water partition coefficient (Wildman–Crippen LogP) is 4.52. The predicted molar refractivity (Wildman–Crippen MR) is 88.4 cm³/mol. The number of nitrogens with one attached hydrogen (secondary N) is 1. The highest BCUT2D eigenvalue weighted by Gasteiger charge is 2.18. The number of rotatable bonds is 2. The number of hydrogen-bond donors (Lipinski definition) is 1. The van der Waals surface area contributed by atoms with E-state index in [2.05, 4.69) is 15.2 Å². The highest BCUT2D eigenvalue weighted by atomic mass is 35.5. The molecule has 0 atom stereocenters. The van der Waals surface area contributed by atoms with Crippen LogP contribution in [0.5, 0.6) is 0 Å². The SMILES string of the molecule is Cc1[nH]nc(-n2cnc3ccccc32)c1-c1ccc(F)cc1Cl. The molecule has 0 bridgehead atoms. The second kappa shape index (κ2) is 5.21. The third-order valence-electron chi connectivity index (χ3n) is 3.81. The van der Waals surface area contributed by atoms with Crippen LogP contribution < -0.4 is 0 Å². The molecule has 0 aliphatic carbocycles. The van der Waals surface area contributed by atoms with Gasteiger partial charge in [-0.25, -0.2) is 9.37 Å². The summed E-state index contributed by atoms with van der Waals surface area (Å²) in [7, 11) is 0. The van der Waals surface area contributed by atoms with Crippen molar-refractivity contribution < 1.29 is 4.39 Å². The number of H-pyrrole nitrogens is 1. The largest absolute Gasteiger partial charge is 0.281 e. The quantitative estimate of drug-likeness (QED) is 0.589. The molecule has 0 saturated carbocycles. The maximum Gasteiger partial charge on any atom is 0.168 e. The molecule has 4 rings (SSSR count). The smallest absolute Gasteiger partial charge is 0.168 e. The highest BCUT2D eigenvalue weighted by Crippen LogP contribution is 2.35. The fraction of sp³-hybridized carbons (Fsp3) is 0.0588. The van der Waals surface area contributed by atoms with Gasteiger partial charge in [0.2, 0.25) is 0 Å². The van der Waals surface area contributed by atoms with Crippen molar-refractivity contribution in [3.8, 4) is 16.9 Å². The van der Waals surface area contributed by atoms with Gasteiger partial charge < -0.3 is 0 Å². The van der Waals surface area contributed by atoms with Crippen molar-refractivity contribution in [1.29, 1.82) is 0 Å². The number of fused-ring (bicyclic) bond motifs is 1. The summed E-state index contributed by atoms with van der Waals surface area (Å²) in [6.45, 7) is 1.91. The first-order chi connectivity index (χ1) is 11.1. The molecule has 114 valence electrons. The summed E-state index contributed by atoms with van der Waals surface area (Å²) in [5, 5.41) is 7.72. The number of aromatic nitrogens is 4. The summed E-state index contributed by atoms with van der Waals surface area (Å²) < 4.78 is 15.2. The first-order valence-corrected chi connectivity index (χ1v) is 7.46. The van der Waals surface area contributed by atoms with Crippen LogP contribution in [-0.4, -0.2) is 19.7 Å². The molecule has 2 heterocycles. The van der Waals surface area contributed by atoms with Gasteiger partial charge in [-0.3, -0.25) is 9.67 Å². The lowest BCUT2D eigenvalue weighted by Gasteiger charge is -2.08. The van der Waals surface area contributed by atoms with Gasteiger partial charge in [0.1, 0.15) is 12.1 Å². The zero-order chi connectivity index (χ0) is 16.0. The Morgan fingerprint density at radius 3 is 2.83 bits per heavy atom. The van der Waals surface area contributed by atoms with Crippen LogP contribution in [0.3, 0.4) is 0 Å². The molecule has 4 nitrogen and oxygen atoms in total. The lowest BCUT2D eigenvalue weighted by Crippen LogP contribution is -1.96. The molecule has 0 aliphatic rings. The topological polar surface area (TPSA) is 46.5 Å². The van der Waals surface area contributed by atoms with Gasteiger partial charge in [-0.15, -0.1) is 0 Å². The summed E-state index contributed by atoms with van der Waals surface area (Å²) >= 11 is 6.24. The number of aromatic amines is 1. The fourth-order valence-electron chi connectivity index (χ4n) is 2.73. The molecule has 0 fully saturated rings. The molecule has 0 unspecified atom stereocenters. The van der Waals surface area contributed by atoms with Crippen molar-refractivity contribution in [1.82, 2.24) is 19.7 Å². The van der Waals surface area contributed by atoms with Crippen molar-refractivity contribution in [2.24, 2.45) is 0 Å². The van der Waals surface area contributed by atoms with E-state index in [1.54, 1.807) is 12.4 Å². The van der Waals surface area contributed by atoms with E-state index in [4.69, 9.17) is 11.6 Å². The number of halogens is 2. The van der Waals surface area contributed by atoms with Gasteiger partial charge in [-0.05, 0) is 37.3 Å². The molecule has 4 aromatic rings. The van der Waals surface area contributed by atoms with Gasteiger partial charge in [-0.1, -0.05) is 23.7 Å². The number of imidazole rings is 1. The Labute approximate surface area is 136 Å². The molecule has 23 heavy (non-hydrogen) atoms. The normalized spacial score (nSPS) is 11.3. The van der Waals surface area contributed by atoms with Crippen LogP contribution in [0, 0.1) is 12.7 Å². The molecule has 0 saturated heterocycles.